The van der Waals surface area contributed by atoms with Crippen LogP contribution in [0.1, 0.15) is 21.5 Å². The van der Waals surface area contributed by atoms with E-state index in [1.165, 1.54) is 17.0 Å². The van der Waals surface area contributed by atoms with E-state index in [0.29, 0.717) is 23.7 Å². The highest BCUT2D eigenvalue weighted by molar-refractivity contribution is 6.52. The van der Waals surface area contributed by atoms with Gasteiger partial charge in [0.2, 0.25) is 0 Å². The number of fused-ring (bicyclic) bond motifs is 1. The molecule has 0 radical (unpaired) electrons. The Morgan fingerprint density at radius 1 is 1.07 bits per heavy atom. The lowest BCUT2D eigenvalue weighted by Crippen LogP contribution is -2.39. The molecule has 0 atom stereocenters. The van der Waals surface area contributed by atoms with E-state index in [2.05, 4.69) is 0 Å². The molecule has 0 saturated carbocycles. The van der Waals surface area contributed by atoms with E-state index in [9.17, 15) is 14.0 Å². The van der Waals surface area contributed by atoms with Crippen LogP contribution in [0.15, 0.2) is 30.3 Å². The van der Waals surface area contributed by atoms with Crippen molar-refractivity contribution >= 4 is 17.4 Å². The lowest BCUT2D eigenvalue weighted by atomic mass is 10.1. The van der Waals surface area contributed by atoms with Gasteiger partial charge >= 0.3 is 5.91 Å². The maximum absolute atomic E-state index is 13.4. The maximum atomic E-state index is 13.4. The molecule has 27 heavy (non-hydrogen) atoms. The second-order valence-corrected chi connectivity index (χ2v) is 6.51. The van der Waals surface area contributed by atoms with Gasteiger partial charge in [0.05, 0.1) is 32.1 Å². The number of ketones is 1. The Hall–Kier alpha value is -2.93. The van der Waals surface area contributed by atoms with Gasteiger partial charge in [0.15, 0.2) is 11.5 Å². The molecule has 1 amide bonds. The molecule has 142 valence electrons. The van der Waals surface area contributed by atoms with E-state index in [0.717, 1.165) is 17.2 Å². The first kappa shape index (κ1) is 18.8. The topological polar surface area (TPSA) is 59.1 Å². The highest BCUT2D eigenvalue weighted by Gasteiger charge is 2.36. The van der Waals surface area contributed by atoms with Crippen molar-refractivity contribution in [1.29, 1.82) is 0 Å². The summed E-state index contributed by atoms with van der Waals surface area (Å²) in [6.45, 7) is 2.70. The molecular formula is C20H21FN2O4. The molecule has 0 unspecified atom stereocenters. The zero-order valence-electron chi connectivity index (χ0n) is 15.7. The lowest BCUT2D eigenvalue weighted by molar-refractivity contribution is -0.114. The highest BCUT2D eigenvalue weighted by atomic mass is 19.1. The fourth-order valence-electron chi connectivity index (χ4n) is 3.19. The average molecular weight is 372 g/mol. The van der Waals surface area contributed by atoms with Crippen molar-refractivity contribution in [2.24, 2.45) is 0 Å². The van der Waals surface area contributed by atoms with Gasteiger partial charge < -0.3 is 9.47 Å². The third-order valence-electron chi connectivity index (χ3n) is 4.60. The summed E-state index contributed by atoms with van der Waals surface area (Å²) in [5, 5.41) is 0. The molecule has 0 spiro atoms. The van der Waals surface area contributed by atoms with E-state index in [1.807, 2.05) is 31.0 Å². The van der Waals surface area contributed by atoms with Gasteiger partial charge in [0.1, 0.15) is 5.82 Å². The van der Waals surface area contributed by atoms with Crippen LogP contribution in [0.25, 0.3) is 0 Å². The number of amides is 1. The Labute approximate surface area is 157 Å². The molecule has 3 rings (SSSR count). The number of anilines is 1. The maximum Gasteiger partial charge on any atom is 0.300 e. The van der Waals surface area contributed by atoms with E-state index < -0.39 is 17.5 Å². The van der Waals surface area contributed by atoms with Crippen LogP contribution >= 0.6 is 0 Å². The summed E-state index contributed by atoms with van der Waals surface area (Å²) < 4.78 is 24.0. The molecule has 1 aliphatic heterocycles. The van der Waals surface area contributed by atoms with Crippen LogP contribution in [0.2, 0.25) is 0 Å². The molecule has 0 aromatic heterocycles. The number of carbonyl (C=O) groups is 2. The number of methoxy groups -OCH3 is 2. The minimum atomic E-state index is -0.680. The Kier molecular flexibility index (Phi) is 5.14. The van der Waals surface area contributed by atoms with Crippen molar-refractivity contribution in [2.75, 3.05) is 32.8 Å². The van der Waals surface area contributed by atoms with Gasteiger partial charge in [-0.3, -0.25) is 19.4 Å². The summed E-state index contributed by atoms with van der Waals surface area (Å²) in [5.41, 5.74) is 2.57. The quantitative estimate of drug-likeness (QED) is 0.730. The third kappa shape index (κ3) is 3.50. The van der Waals surface area contributed by atoms with Crippen LogP contribution in [-0.4, -0.2) is 44.5 Å². The summed E-state index contributed by atoms with van der Waals surface area (Å²) in [6, 6.07) is 7.60. The van der Waals surface area contributed by atoms with Gasteiger partial charge in [-0.2, -0.15) is 0 Å². The summed E-state index contributed by atoms with van der Waals surface area (Å²) in [5.74, 6) is -0.588. The van der Waals surface area contributed by atoms with E-state index in [-0.39, 0.29) is 12.2 Å². The van der Waals surface area contributed by atoms with Crippen molar-refractivity contribution in [3.63, 3.8) is 0 Å². The molecule has 0 bridgehead atoms. The number of rotatable bonds is 6. The summed E-state index contributed by atoms with van der Waals surface area (Å²) in [6.07, 6.45) is 0. The summed E-state index contributed by atoms with van der Waals surface area (Å²) >= 11 is 0. The Morgan fingerprint density at radius 3 is 2.41 bits per heavy atom. The number of halogens is 1. The fourth-order valence-corrected chi connectivity index (χ4v) is 3.19. The first-order chi connectivity index (χ1) is 12.8. The third-order valence-corrected chi connectivity index (χ3v) is 4.60. The average Bonchev–Trinajstić information content (AvgIpc) is 2.87. The van der Waals surface area contributed by atoms with Gasteiger partial charge in [-0.1, -0.05) is 0 Å². The van der Waals surface area contributed by atoms with E-state index in [4.69, 9.17) is 9.47 Å². The molecule has 7 heteroatoms. The molecule has 1 heterocycles. The van der Waals surface area contributed by atoms with Crippen LogP contribution < -0.4 is 14.4 Å². The van der Waals surface area contributed by atoms with Crippen LogP contribution in [0.3, 0.4) is 0 Å². The zero-order valence-corrected chi connectivity index (χ0v) is 15.7. The molecule has 6 nitrogen and oxygen atoms in total. The smallest absolute Gasteiger partial charge is 0.300 e. The number of hydrogen-bond acceptors (Lipinski definition) is 5. The predicted molar refractivity (Wildman–Crippen MR) is 98.8 cm³/mol. The summed E-state index contributed by atoms with van der Waals surface area (Å²) in [4.78, 5) is 27.7. The summed E-state index contributed by atoms with van der Waals surface area (Å²) in [7, 11) is 5.00. The Balaban J connectivity index is 1.80. The van der Waals surface area contributed by atoms with Gasteiger partial charge in [-0.05, 0) is 55.4 Å². The van der Waals surface area contributed by atoms with Crippen molar-refractivity contribution < 1.29 is 23.5 Å². The first-order valence-electron chi connectivity index (χ1n) is 8.41. The zero-order chi connectivity index (χ0) is 19.7. The van der Waals surface area contributed by atoms with Crippen LogP contribution in [-0.2, 0) is 11.3 Å². The number of aryl methyl sites for hydroxylation is 1. The second kappa shape index (κ2) is 7.36. The van der Waals surface area contributed by atoms with Crippen LogP contribution in [0.4, 0.5) is 10.1 Å². The lowest BCUT2D eigenvalue weighted by Gasteiger charge is -2.25. The van der Waals surface area contributed by atoms with Crippen molar-refractivity contribution in [2.45, 2.75) is 13.5 Å². The Morgan fingerprint density at radius 2 is 1.74 bits per heavy atom. The van der Waals surface area contributed by atoms with E-state index in [1.54, 1.807) is 14.2 Å². The van der Waals surface area contributed by atoms with Gasteiger partial charge in [0.25, 0.3) is 5.78 Å². The van der Waals surface area contributed by atoms with Gasteiger partial charge in [0, 0.05) is 6.54 Å². The molecule has 0 fully saturated rings. The Bertz CT molecular complexity index is 913. The van der Waals surface area contributed by atoms with Crippen molar-refractivity contribution in [1.82, 2.24) is 4.90 Å². The molecular weight excluding hydrogens is 351 g/mol. The highest BCUT2D eigenvalue weighted by Crippen LogP contribution is 2.32. The van der Waals surface area contributed by atoms with Gasteiger partial charge in [-0.25, -0.2) is 4.39 Å². The normalized spacial score (nSPS) is 13.3. The first-order valence-corrected chi connectivity index (χ1v) is 8.41. The number of carbonyl (C=O) groups excluding carboxylic acids is 2. The molecule has 0 aliphatic carbocycles. The van der Waals surface area contributed by atoms with Crippen LogP contribution in [0.5, 0.6) is 11.5 Å². The minimum absolute atomic E-state index is 0.107. The standard InChI is InChI=1S/C20H21FN2O4/c1-12-7-17(26-3)18(27-4)8-13(12)10-22(2)11-23-16-6-5-14(21)9-15(16)19(24)20(23)25/h5-9H,10-11H2,1-4H3. The van der Waals surface area contributed by atoms with Crippen LogP contribution in [0, 0.1) is 12.7 Å². The molecule has 2 aromatic carbocycles. The minimum Gasteiger partial charge on any atom is -0.493 e. The molecule has 0 saturated heterocycles. The fraction of sp³-hybridized carbons (Fsp3) is 0.300. The van der Waals surface area contributed by atoms with Gasteiger partial charge in [-0.15, -0.1) is 0 Å². The van der Waals surface area contributed by atoms with E-state index >= 15 is 0 Å². The van der Waals surface area contributed by atoms with Crippen molar-refractivity contribution in [3.8, 4) is 11.5 Å². The second-order valence-electron chi connectivity index (χ2n) is 6.51. The molecule has 1 aliphatic rings. The number of Topliss-reactive ketones (excluding diaryl/α,β-unsaturated/α-hetero) is 1. The number of ether oxygens (including phenoxy) is 2. The molecule has 2 aromatic rings. The number of benzene rings is 2. The molecule has 0 N–H and O–H groups in total. The predicted octanol–water partition coefficient (Wildman–Crippen LogP) is 2.77. The monoisotopic (exact) mass is 372 g/mol. The largest absolute Gasteiger partial charge is 0.493 e. The van der Waals surface area contributed by atoms with Crippen molar-refractivity contribution in [3.05, 3.63) is 52.8 Å². The number of nitrogens with zero attached hydrogens (tertiary/aromatic N) is 2. The number of hydrogen-bond donors (Lipinski definition) is 0. The SMILES string of the molecule is COc1cc(C)c(CN(C)CN2C(=O)C(=O)c3cc(F)ccc32)cc1OC.